The van der Waals surface area contributed by atoms with Gasteiger partial charge >= 0.3 is 11.9 Å². The molecule has 8 heteroatoms. The molecule has 2 aromatic rings. The standard InChI is InChI=1S/C47H58O8/c1-4-5-6-7-8-9-10-11-12-13-14-15-16-17-18-19-20-21-22-23-24-25-26-27-43(48)55-46-41(50-2)30-36(31-42(46)51-3)44-38-32-40-39(53-34-54-40)29-35(38)28-37-33-52-47(49)45(37)44/h9-10,12-13,15-16,18-19,21-22,24-25,29-32,37,44-45H,4-8,11,14,17,20,23,26-28,33-34H2,1-3H3/b10-9-,13-12-,16-15-,19-18-,22-21-,25-24-/t37-,44+,45-/m0/s1. The molecule has 0 unspecified atom stereocenters. The van der Waals surface area contributed by atoms with Crippen molar-refractivity contribution in [2.24, 2.45) is 11.8 Å². The average molecular weight is 751 g/mol. The third kappa shape index (κ3) is 12.0. The van der Waals surface area contributed by atoms with Crippen molar-refractivity contribution >= 4 is 11.9 Å². The van der Waals surface area contributed by atoms with Crippen LogP contribution in [0.2, 0.25) is 0 Å². The zero-order valence-corrected chi connectivity index (χ0v) is 32.8. The molecule has 0 aromatic heterocycles. The maximum absolute atomic E-state index is 13.1. The van der Waals surface area contributed by atoms with Crippen LogP contribution in [0.4, 0.5) is 0 Å². The molecule has 0 bridgehead atoms. The molecule has 294 valence electrons. The smallest absolute Gasteiger partial charge is 0.311 e. The number of carbonyl (C=O) groups is 2. The van der Waals surface area contributed by atoms with E-state index >= 15 is 0 Å². The highest BCUT2D eigenvalue weighted by Crippen LogP contribution is 2.52. The van der Waals surface area contributed by atoms with Crippen molar-refractivity contribution < 1.29 is 38.0 Å². The molecule has 8 nitrogen and oxygen atoms in total. The molecule has 1 aliphatic carbocycles. The fourth-order valence-electron chi connectivity index (χ4n) is 7.33. The fraction of sp³-hybridized carbons (Fsp3) is 0.447. The number of benzene rings is 2. The van der Waals surface area contributed by atoms with E-state index in [1.54, 1.807) is 0 Å². The highest BCUT2D eigenvalue weighted by atomic mass is 16.7. The number of allylic oxidation sites excluding steroid dienone is 12. The maximum Gasteiger partial charge on any atom is 0.311 e. The fourth-order valence-corrected chi connectivity index (χ4v) is 7.33. The Kier molecular flexibility index (Phi) is 16.8. The van der Waals surface area contributed by atoms with Crippen LogP contribution >= 0.6 is 0 Å². The molecule has 3 aliphatic rings. The van der Waals surface area contributed by atoms with E-state index in [1.165, 1.54) is 46.3 Å². The summed E-state index contributed by atoms with van der Waals surface area (Å²) in [6.45, 7) is 2.78. The van der Waals surface area contributed by atoms with Gasteiger partial charge in [0.25, 0.3) is 0 Å². The molecular weight excluding hydrogens is 693 g/mol. The second kappa shape index (κ2) is 22.4. The number of rotatable bonds is 22. The minimum atomic E-state index is -0.393. The van der Waals surface area contributed by atoms with Crippen molar-refractivity contribution in [3.8, 4) is 28.7 Å². The number of ether oxygens (including phenoxy) is 6. The number of carbonyl (C=O) groups excluding carboxylic acids is 2. The number of methoxy groups -OCH3 is 2. The van der Waals surface area contributed by atoms with Crippen LogP contribution in [0.3, 0.4) is 0 Å². The highest BCUT2D eigenvalue weighted by molar-refractivity contribution is 5.79. The van der Waals surface area contributed by atoms with Crippen LogP contribution in [0.5, 0.6) is 28.7 Å². The Morgan fingerprint density at radius 1 is 0.709 bits per heavy atom. The van der Waals surface area contributed by atoms with Crippen LogP contribution < -0.4 is 23.7 Å². The molecule has 1 saturated heterocycles. The van der Waals surface area contributed by atoms with E-state index in [0.717, 1.165) is 48.8 Å². The largest absolute Gasteiger partial charge is 0.493 e. The lowest BCUT2D eigenvalue weighted by Gasteiger charge is -2.34. The summed E-state index contributed by atoms with van der Waals surface area (Å²) in [7, 11) is 3.05. The average Bonchev–Trinajstić information content (AvgIpc) is 3.81. The lowest BCUT2D eigenvalue weighted by Crippen LogP contribution is -2.31. The highest BCUT2D eigenvalue weighted by Gasteiger charge is 2.48. The van der Waals surface area contributed by atoms with E-state index < -0.39 is 5.97 Å². The Morgan fingerprint density at radius 3 is 1.85 bits per heavy atom. The van der Waals surface area contributed by atoms with Gasteiger partial charge in [0.15, 0.2) is 23.0 Å². The molecule has 2 aliphatic heterocycles. The quantitative estimate of drug-likeness (QED) is 0.0509. The first-order chi connectivity index (χ1) is 27.0. The van der Waals surface area contributed by atoms with Crippen molar-refractivity contribution in [3.63, 3.8) is 0 Å². The molecule has 2 aromatic carbocycles. The summed E-state index contributed by atoms with van der Waals surface area (Å²) in [4.78, 5) is 26.0. The van der Waals surface area contributed by atoms with E-state index in [-0.39, 0.29) is 42.7 Å². The lowest BCUT2D eigenvalue weighted by atomic mass is 9.67. The number of esters is 2. The number of hydrogen-bond acceptors (Lipinski definition) is 8. The second-order valence-corrected chi connectivity index (χ2v) is 14.1. The summed E-state index contributed by atoms with van der Waals surface area (Å²) < 4.78 is 34.1. The van der Waals surface area contributed by atoms with Crippen molar-refractivity contribution in [2.45, 2.75) is 96.3 Å². The van der Waals surface area contributed by atoms with Crippen LogP contribution in [-0.4, -0.2) is 39.6 Å². The first-order valence-corrected chi connectivity index (χ1v) is 20.0. The minimum Gasteiger partial charge on any atom is -0.493 e. The third-order valence-electron chi connectivity index (χ3n) is 10.2. The molecule has 5 rings (SSSR count). The van der Waals surface area contributed by atoms with Gasteiger partial charge < -0.3 is 28.4 Å². The van der Waals surface area contributed by atoms with Crippen molar-refractivity contribution in [3.05, 3.63) is 114 Å². The number of unbranched alkanes of at least 4 members (excludes halogenated alkanes) is 4. The van der Waals surface area contributed by atoms with Gasteiger partial charge in [-0.15, -0.1) is 0 Å². The number of hydrogen-bond donors (Lipinski definition) is 0. The Bertz CT molecular complexity index is 1720. The summed E-state index contributed by atoms with van der Waals surface area (Å²) in [6, 6.07) is 7.63. The first kappa shape index (κ1) is 41.2. The molecule has 55 heavy (non-hydrogen) atoms. The SMILES string of the molecule is CCCCCC/C=C\C/C=C\C/C=C\C/C=C\C/C=C\C/C=C\CCC(=O)Oc1c(OC)cc([C@@H]2c3cc4c(cc3C[C@H]3COC(=O)[C@@H]32)OCO4)cc1OC. The van der Waals surface area contributed by atoms with Crippen LogP contribution in [0.25, 0.3) is 0 Å². The molecule has 0 saturated carbocycles. The molecule has 1 fully saturated rings. The van der Waals surface area contributed by atoms with E-state index in [1.807, 2.05) is 30.3 Å². The molecule has 2 heterocycles. The van der Waals surface area contributed by atoms with E-state index in [4.69, 9.17) is 28.4 Å². The zero-order chi connectivity index (χ0) is 38.7. The Labute approximate surface area is 327 Å². The van der Waals surface area contributed by atoms with Crippen LogP contribution in [0, 0.1) is 11.8 Å². The monoisotopic (exact) mass is 750 g/mol. The summed E-state index contributed by atoms with van der Waals surface area (Å²) in [5, 5.41) is 0. The lowest BCUT2D eigenvalue weighted by molar-refractivity contribution is -0.141. The van der Waals surface area contributed by atoms with Gasteiger partial charge in [-0.05, 0) is 98.7 Å². The van der Waals surface area contributed by atoms with Gasteiger partial charge in [-0.1, -0.05) is 99.1 Å². The van der Waals surface area contributed by atoms with E-state index in [2.05, 4.69) is 73.8 Å². The molecule has 0 N–H and O–H groups in total. The number of fused-ring (bicyclic) bond motifs is 3. The Morgan fingerprint density at radius 2 is 1.27 bits per heavy atom. The van der Waals surface area contributed by atoms with Gasteiger partial charge in [0.1, 0.15) is 0 Å². The molecule has 0 amide bonds. The van der Waals surface area contributed by atoms with Crippen molar-refractivity contribution in [1.82, 2.24) is 0 Å². The third-order valence-corrected chi connectivity index (χ3v) is 10.2. The molecular formula is C47H58O8. The predicted molar refractivity (Wildman–Crippen MR) is 217 cm³/mol. The summed E-state index contributed by atoms with van der Waals surface area (Å²) in [5.74, 6) is 0.979. The van der Waals surface area contributed by atoms with Gasteiger partial charge in [-0.25, -0.2) is 0 Å². The summed E-state index contributed by atoms with van der Waals surface area (Å²) >= 11 is 0. The van der Waals surface area contributed by atoms with Crippen LogP contribution in [0.1, 0.15) is 107 Å². The van der Waals surface area contributed by atoms with Gasteiger partial charge in [-0.2, -0.15) is 0 Å². The Balaban J connectivity index is 1.03. The van der Waals surface area contributed by atoms with Crippen molar-refractivity contribution in [2.75, 3.05) is 27.6 Å². The summed E-state index contributed by atoms with van der Waals surface area (Å²) in [6.07, 6.45) is 38.8. The van der Waals surface area contributed by atoms with E-state index in [0.29, 0.717) is 42.4 Å². The first-order valence-electron chi connectivity index (χ1n) is 20.0. The van der Waals surface area contributed by atoms with Gasteiger partial charge in [-0.3, -0.25) is 9.59 Å². The minimum absolute atomic E-state index is 0.0262. The summed E-state index contributed by atoms with van der Waals surface area (Å²) in [5.41, 5.74) is 2.87. The molecule has 0 spiro atoms. The number of cyclic esters (lactones) is 1. The zero-order valence-electron chi connectivity index (χ0n) is 32.8. The van der Waals surface area contributed by atoms with Gasteiger partial charge in [0, 0.05) is 18.3 Å². The van der Waals surface area contributed by atoms with Crippen LogP contribution in [0.15, 0.2) is 97.2 Å². The molecule has 3 atom stereocenters. The van der Waals surface area contributed by atoms with Crippen LogP contribution in [-0.2, 0) is 20.7 Å². The predicted octanol–water partition coefficient (Wildman–Crippen LogP) is 10.9. The molecule has 0 radical (unpaired) electrons. The van der Waals surface area contributed by atoms with E-state index in [9.17, 15) is 9.59 Å². The normalized spacial score (nSPS) is 19.0. The maximum atomic E-state index is 13.1. The Hall–Kier alpha value is -4.98. The van der Waals surface area contributed by atoms with Gasteiger partial charge in [0.2, 0.25) is 12.5 Å². The topological polar surface area (TPSA) is 89.5 Å². The second-order valence-electron chi connectivity index (χ2n) is 14.1. The van der Waals surface area contributed by atoms with Crippen molar-refractivity contribution in [1.29, 1.82) is 0 Å². The van der Waals surface area contributed by atoms with Gasteiger partial charge in [0.05, 0.1) is 26.7 Å².